The van der Waals surface area contributed by atoms with E-state index in [2.05, 4.69) is 4.74 Å². The summed E-state index contributed by atoms with van der Waals surface area (Å²) in [5.74, 6) is -1.15. The van der Waals surface area contributed by atoms with Gasteiger partial charge in [-0.1, -0.05) is 23.2 Å². The fourth-order valence-corrected chi connectivity index (χ4v) is 4.53. The Morgan fingerprint density at radius 2 is 1.44 bits per heavy atom. The van der Waals surface area contributed by atoms with Crippen molar-refractivity contribution in [1.82, 2.24) is 0 Å². The largest absolute Gasteiger partial charge is 0.465 e. The fraction of sp³-hybridized carbons (Fsp3) is 0.0909. The van der Waals surface area contributed by atoms with Gasteiger partial charge in [-0.05, 0) is 66.7 Å². The topological polar surface area (TPSA) is 90.0 Å². The molecule has 0 spiro atoms. The molecule has 0 saturated heterocycles. The van der Waals surface area contributed by atoms with Crippen LogP contribution in [0.1, 0.15) is 20.7 Å². The highest BCUT2D eigenvalue weighted by Crippen LogP contribution is 2.29. The summed E-state index contributed by atoms with van der Waals surface area (Å²) in [6.07, 6.45) is 0. The molecular weight excluding hydrogens is 477 g/mol. The van der Waals surface area contributed by atoms with Gasteiger partial charge in [-0.15, -0.1) is 0 Å². The number of benzene rings is 3. The summed E-state index contributed by atoms with van der Waals surface area (Å²) in [6.45, 7) is 0. The van der Waals surface area contributed by atoms with Crippen LogP contribution in [0.2, 0.25) is 10.0 Å². The van der Waals surface area contributed by atoms with Gasteiger partial charge >= 0.3 is 11.9 Å². The van der Waals surface area contributed by atoms with Gasteiger partial charge in [-0.25, -0.2) is 18.0 Å². The number of sulfonamides is 1. The Morgan fingerprint density at radius 1 is 0.844 bits per heavy atom. The number of hydrogen-bond donors (Lipinski definition) is 0. The van der Waals surface area contributed by atoms with Crippen molar-refractivity contribution in [3.63, 3.8) is 0 Å². The molecule has 0 unspecified atom stereocenters. The van der Waals surface area contributed by atoms with Crippen molar-refractivity contribution in [2.24, 2.45) is 0 Å². The average Bonchev–Trinajstić information content (AvgIpc) is 2.79. The molecule has 0 heterocycles. The number of halogens is 2. The molecule has 0 bridgehead atoms. The van der Waals surface area contributed by atoms with E-state index in [1.807, 2.05) is 0 Å². The van der Waals surface area contributed by atoms with Crippen LogP contribution in [0.5, 0.6) is 5.75 Å². The van der Waals surface area contributed by atoms with E-state index >= 15 is 0 Å². The number of carbonyl (C=O) groups is 2. The molecule has 3 aromatic carbocycles. The van der Waals surface area contributed by atoms with Gasteiger partial charge in [0.1, 0.15) is 10.6 Å². The Balaban J connectivity index is 1.86. The van der Waals surface area contributed by atoms with E-state index in [0.717, 1.165) is 10.4 Å². The summed E-state index contributed by atoms with van der Waals surface area (Å²) < 4.78 is 37.2. The summed E-state index contributed by atoms with van der Waals surface area (Å²) in [5.41, 5.74) is 0.635. The van der Waals surface area contributed by atoms with E-state index < -0.39 is 22.0 Å². The molecule has 166 valence electrons. The number of rotatable bonds is 6. The number of anilines is 1. The third-order valence-corrected chi connectivity index (χ3v) is 7.00. The summed E-state index contributed by atoms with van der Waals surface area (Å²) in [4.78, 5) is 23.8. The van der Waals surface area contributed by atoms with E-state index in [-0.39, 0.29) is 26.8 Å². The summed E-state index contributed by atoms with van der Waals surface area (Å²) in [6, 6.07) is 15.7. The van der Waals surface area contributed by atoms with Gasteiger partial charge in [0, 0.05) is 12.1 Å². The molecule has 10 heteroatoms. The van der Waals surface area contributed by atoms with E-state index in [0.29, 0.717) is 10.7 Å². The van der Waals surface area contributed by atoms with Crippen molar-refractivity contribution < 1.29 is 27.5 Å². The van der Waals surface area contributed by atoms with E-state index in [9.17, 15) is 18.0 Å². The van der Waals surface area contributed by atoms with E-state index in [1.165, 1.54) is 50.6 Å². The minimum atomic E-state index is -4.08. The Labute approximate surface area is 195 Å². The number of hydrogen-bond acceptors (Lipinski definition) is 6. The highest BCUT2D eigenvalue weighted by molar-refractivity contribution is 7.93. The monoisotopic (exact) mass is 493 g/mol. The maximum absolute atomic E-state index is 13.1. The first-order valence-electron chi connectivity index (χ1n) is 9.08. The molecule has 3 aromatic rings. The Kier molecular flexibility index (Phi) is 7.08. The molecule has 0 radical (unpaired) electrons. The minimum absolute atomic E-state index is 0.0190. The van der Waals surface area contributed by atoms with Gasteiger partial charge in [0.2, 0.25) is 0 Å². The zero-order valence-electron chi connectivity index (χ0n) is 16.9. The molecule has 0 aliphatic rings. The van der Waals surface area contributed by atoms with Crippen molar-refractivity contribution in [2.45, 2.75) is 4.90 Å². The average molecular weight is 494 g/mol. The Hall–Kier alpha value is -3.07. The first-order valence-corrected chi connectivity index (χ1v) is 11.3. The van der Waals surface area contributed by atoms with Crippen molar-refractivity contribution in [1.29, 1.82) is 0 Å². The quantitative estimate of drug-likeness (QED) is 0.361. The number of methoxy groups -OCH3 is 1. The van der Waals surface area contributed by atoms with Crippen molar-refractivity contribution in [3.8, 4) is 5.75 Å². The lowest BCUT2D eigenvalue weighted by molar-refractivity contribution is 0.0600. The predicted octanol–water partition coefficient (Wildman–Crippen LogP) is 4.82. The van der Waals surface area contributed by atoms with Gasteiger partial charge in [0.15, 0.2) is 0 Å². The first kappa shape index (κ1) is 23.6. The molecule has 0 aliphatic heterocycles. The van der Waals surface area contributed by atoms with E-state index in [1.54, 1.807) is 24.3 Å². The fourth-order valence-electron chi connectivity index (χ4n) is 2.71. The SMILES string of the molecule is COC(=O)c1ccc(OC(=O)c2ccc(Cl)c(S(=O)(=O)N(C)c3ccc(Cl)cc3)c2)cc1. The molecule has 0 aliphatic carbocycles. The zero-order valence-corrected chi connectivity index (χ0v) is 19.2. The van der Waals surface area contributed by atoms with Crippen molar-refractivity contribution in [2.75, 3.05) is 18.5 Å². The Bertz CT molecular complexity index is 1260. The lowest BCUT2D eigenvalue weighted by Crippen LogP contribution is -2.27. The number of ether oxygens (including phenoxy) is 2. The summed E-state index contributed by atoms with van der Waals surface area (Å²) in [5, 5.41) is 0.409. The highest BCUT2D eigenvalue weighted by Gasteiger charge is 2.26. The number of nitrogens with zero attached hydrogens (tertiary/aromatic N) is 1. The second kappa shape index (κ2) is 9.60. The van der Waals surface area contributed by atoms with Gasteiger partial charge in [0.25, 0.3) is 10.0 Å². The zero-order chi connectivity index (χ0) is 23.5. The first-order chi connectivity index (χ1) is 15.1. The van der Waals surface area contributed by atoms with Crippen LogP contribution in [0.4, 0.5) is 5.69 Å². The Morgan fingerprint density at radius 3 is 2.03 bits per heavy atom. The van der Waals surface area contributed by atoms with Crippen LogP contribution in [0.3, 0.4) is 0 Å². The third kappa shape index (κ3) is 5.04. The van der Waals surface area contributed by atoms with Crippen molar-refractivity contribution >= 4 is 50.9 Å². The third-order valence-electron chi connectivity index (χ3n) is 4.48. The van der Waals surface area contributed by atoms with Crippen LogP contribution in [-0.2, 0) is 14.8 Å². The standard InChI is InChI=1S/C22H17Cl2NO6S/c1-25(17-8-6-16(23)7-9-17)32(28,29)20-13-15(5-12-19(20)24)22(27)31-18-10-3-14(4-11-18)21(26)30-2/h3-13H,1-2H3. The molecule has 0 atom stereocenters. The second-order valence-corrected chi connectivity index (χ2v) is 9.28. The maximum Gasteiger partial charge on any atom is 0.343 e. The molecule has 0 aromatic heterocycles. The minimum Gasteiger partial charge on any atom is -0.465 e. The van der Waals surface area contributed by atoms with Gasteiger partial charge in [-0.2, -0.15) is 0 Å². The van der Waals surface area contributed by atoms with E-state index in [4.69, 9.17) is 27.9 Å². The molecule has 0 amide bonds. The number of carbonyl (C=O) groups excluding carboxylic acids is 2. The van der Waals surface area contributed by atoms with Gasteiger partial charge in [-0.3, -0.25) is 4.31 Å². The molecule has 0 fully saturated rings. The highest BCUT2D eigenvalue weighted by atomic mass is 35.5. The van der Waals surface area contributed by atoms with Crippen LogP contribution in [-0.4, -0.2) is 34.5 Å². The van der Waals surface area contributed by atoms with Crippen LogP contribution in [0, 0.1) is 0 Å². The summed E-state index contributed by atoms with van der Waals surface area (Å²) in [7, 11) is -1.46. The van der Waals surface area contributed by atoms with Crippen molar-refractivity contribution in [3.05, 3.63) is 87.9 Å². The second-order valence-electron chi connectivity index (χ2n) is 6.50. The van der Waals surface area contributed by atoms with Crippen LogP contribution in [0.25, 0.3) is 0 Å². The maximum atomic E-state index is 13.1. The lowest BCUT2D eigenvalue weighted by atomic mass is 10.2. The van der Waals surface area contributed by atoms with Crippen LogP contribution < -0.4 is 9.04 Å². The lowest BCUT2D eigenvalue weighted by Gasteiger charge is -2.20. The number of esters is 2. The predicted molar refractivity (Wildman–Crippen MR) is 121 cm³/mol. The normalized spacial score (nSPS) is 11.0. The molecule has 0 N–H and O–H groups in total. The van der Waals surface area contributed by atoms with Crippen LogP contribution >= 0.6 is 23.2 Å². The smallest absolute Gasteiger partial charge is 0.343 e. The molecular formula is C22H17Cl2NO6S. The van der Waals surface area contributed by atoms with Crippen LogP contribution in [0.15, 0.2) is 71.6 Å². The molecule has 3 rings (SSSR count). The summed E-state index contributed by atoms with van der Waals surface area (Å²) >= 11 is 12.0. The molecule has 0 saturated carbocycles. The van der Waals surface area contributed by atoms with Gasteiger partial charge in [0.05, 0.1) is 28.9 Å². The molecule has 32 heavy (non-hydrogen) atoms. The molecule has 7 nitrogen and oxygen atoms in total. The van der Waals surface area contributed by atoms with Gasteiger partial charge < -0.3 is 9.47 Å².